The van der Waals surface area contributed by atoms with Gasteiger partial charge in [0.05, 0.1) is 6.42 Å². The number of amides is 1. The molecule has 27 heteroatoms. The summed E-state index contributed by atoms with van der Waals surface area (Å²) in [5, 5.41) is 53.4. The summed E-state index contributed by atoms with van der Waals surface area (Å²) in [6.45, 7) is 2.57. The molecule has 3 fully saturated rings. The van der Waals surface area contributed by atoms with E-state index in [0.29, 0.717) is 28.7 Å². The molecular formula is C44H67N5O21S. The van der Waals surface area contributed by atoms with E-state index in [0.717, 1.165) is 49.9 Å². The van der Waals surface area contributed by atoms with Crippen molar-refractivity contribution in [1.29, 1.82) is 0 Å². The topological polar surface area (TPSA) is 384 Å². The third-order valence-corrected chi connectivity index (χ3v) is 12.6. The number of likely N-dealkylation sites (N-methyl/N-ethyl adjacent to an activating group) is 2. The number of allylic oxidation sites excluding steroid dienone is 4. The molecular weight excluding hydrogens is 967 g/mol. The highest BCUT2D eigenvalue weighted by Gasteiger charge is 2.58. The number of carboxylic acids is 2. The van der Waals surface area contributed by atoms with E-state index in [2.05, 4.69) is 23.3 Å². The van der Waals surface area contributed by atoms with E-state index in [1.54, 1.807) is 0 Å². The predicted molar refractivity (Wildman–Crippen MR) is 244 cm³/mol. The predicted octanol–water partition coefficient (Wildman–Crippen LogP) is -1.03. The van der Waals surface area contributed by atoms with Gasteiger partial charge in [0, 0.05) is 45.2 Å². The minimum absolute atomic E-state index is 0.144. The number of carboxylic acid groups (broad SMARTS) is 2. The highest BCUT2D eigenvalue weighted by atomic mass is 32.3. The van der Waals surface area contributed by atoms with Crippen LogP contribution in [0.15, 0.2) is 46.2 Å². The number of aromatic amines is 1. The summed E-state index contributed by atoms with van der Waals surface area (Å²) in [5.74, 6) is -6.37. The molecule has 0 aliphatic carbocycles. The second kappa shape index (κ2) is 27.2. The minimum Gasteiger partial charge on any atom is -0.481 e. The monoisotopic (exact) mass is 1030 g/mol. The van der Waals surface area contributed by atoms with Crippen molar-refractivity contribution in [2.75, 3.05) is 27.2 Å². The highest BCUT2D eigenvalue weighted by molar-refractivity contribution is 7.80. The Bertz CT molecular complexity index is 2260. The SMILES string of the molecule is CCCCC/C=C\C/C=C\CCCC(CC(=O)OC1CN(C)C(C(OC2OC(CN)C(O)C2OS(=O)(=O)O)C2OC(n3ccc(=O)[nH]c3=O)C(O)C2O)C(=O)N(C)C1C(=O)O)OC(=O)CC(C)CC(=O)O. The number of rotatable bonds is 27. The minimum atomic E-state index is -5.37. The molecule has 14 atom stereocenters. The summed E-state index contributed by atoms with van der Waals surface area (Å²) in [7, 11) is -3.08. The first-order valence-corrected chi connectivity index (χ1v) is 24.6. The summed E-state index contributed by atoms with van der Waals surface area (Å²) in [4.78, 5) is 94.2. The average Bonchev–Trinajstić information content (AvgIpc) is 3.69. The fourth-order valence-corrected chi connectivity index (χ4v) is 9.11. The molecule has 1 aromatic heterocycles. The Morgan fingerprint density at radius 3 is 2.21 bits per heavy atom. The molecule has 400 valence electrons. The van der Waals surface area contributed by atoms with Crippen molar-refractivity contribution in [3.05, 3.63) is 57.4 Å². The van der Waals surface area contributed by atoms with E-state index < -0.39 is 156 Å². The summed E-state index contributed by atoms with van der Waals surface area (Å²) in [5.41, 5.74) is 3.78. The molecule has 4 heterocycles. The van der Waals surface area contributed by atoms with Crippen molar-refractivity contribution < 1.29 is 90.3 Å². The number of carbonyl (C=O) groups is 5. The van der Waals surface area contributed by atoms with Crippen LogP contribution in [0.1, 0.15) is 90.7 Å². The first kappa shape index (κ1) is 58.6. The molecule has 0 spiro atoms. The summed E-state index contributed by atoms with van der Waals surface area (Å²) >= 11 is 0. The number of aliphatic hydroxyl groups excluding tert-OH is 3. The Kier molecular flexibility index (Phi) is 22.5. The molecule has 0 aromatic carbocycles. The molecule has 0 saturated carbocycles. The number of hydrogen-bond acceptors (Lipinski definition) is 20. The molecule has 71 heavy (non-hydrogen) atoms. The third-order valence-electron chi connectivity index (χ3n) is 12.1. The standard InChI is InChI=1S/C44H67N5O21S/c1-5-6-7-8-9-10-11-12-13-14-15-16-25(65-30(53)20-24(2)19-29(51)52)21-31(54)66-27-23-47(3)33(40(58)48(4)32(27)42(59)60)37(69-43-39(70-71(62,63)64)34(55)26(22-45)67-43)38-35(56)36(57)41(68-38)49-18-17-28(50)46-44(49)61/h9-10,12-13,17-18,24-27,32-39,41,43,55-57H,5-8,11,14-16,19-23,45H2,1-4H3,(H,51,52)(H,59,60)(H,46,50,61)(H,62,63,64)/b10-9-,13-12-. The van der Waals surface area contributed by atoms with Crippen LogP contribution in [0.5, 0.6) is 0 Å². The smallest absolute Gasteiger partial charge is 0.397 e. The molecule has 1 aromatic rings. The van der Waals surface area contributed by atoms with Crippen LogP contribution < -0.4 is 17.0 Å². The Balaban J connectivity index is 1.64. The molecule has 3 aliphatic rings. The Morgan fingerprint density at radius 1 is 0.930 bits per heavy atom. The molecule has 0 radical (unpaired) electrons. The lowest BCUT2D eigenvalue weighted by atomic mass is 9.97. The van der Waals surface area contributed by atoms with Gasteiger partial charge in [0.25, 0.3) is 5.56 Å². The number of nitrogens with zero attached hydrogens (tertiary/aromatic N) is 3. The molecule has 3 aliphatic heterocycles. The van der Waals surface area contributed by atoms with Crippen LogP contribution in [-0.2, 0) is 62.2 Å². The number of nitrogens with two attached hydrogens (primary N) is 1. The van der Waals surface area contributed by atoms with Crippen molar-refractivity contribution in [3.63, 3.8) is 0 Å². The maximum absolute atomic E-state index is 14.7. The van der Waals surface area contributed by atoms with E-state index in [4.69, 9.17) is 29.4 Å². The first-order valence-electron chi connectivity index (χ1n) is 23.3. The van der Waals surface area contributed by atoms with Crippen molar-refractivity contribution in [2.45, 2.75) is 164 Å². The van der Waals surface area contributed by atoms with Crippen molar-refractivity contribution in [2.24, 2.45) is 11.7 Å². The lowest BCUT2D eigenvalue weighted by Crippen LogP contribution is -2.60. The van der Waals surface area contributed by atoms with Crippen molar-refractivity contribution in [3.8, 4) is 0 Å². The number of esters is 2. The van der Waals surface area contributed by atoms with E-state index in [1.807, 2.05) is 17.1 Å². The zero-order chi connectivity index (χ0) is 52.7. The summed E-state index contributed by atoms with van der Waals surface area (Å²) < 4.78 is 67.9. The fourth-order valence-electron chi connectivity index (χ4n) is 8.63. The molecule has 3 saturated heterocycles. The van der Waals surface area contributed by atoms with Crippen LogP contribution in [0.3, 0.4) is 0 Å². The van der Waals surface area contributed by atoms with Gasteiger partial charge < -0.3 is 59.9 Å². The number of ether oxygens (including phenoxy) is 5. The van der Waals surface area contributed by atoms with Gasteiger partial charge in [-0.2, -0.15) is 8.42 Å². The number of hydrogen-bond donors (Lipinski definition) is 8. The van der Waals surface area contributed by atoms with Gasteiger partial charge in [-0.25, -0.2) is 13.8 Å². The molecule has 26 nitrogen and oxygen atoms in total. The molecule has 4 rings (SSSR count). The second-order valence-corrected chi connectivity index (χ2v) is 18.9. The Hall–Kier alpha value is -4.94. The highest BCUT2D eigenvalue weighted by Crippen LogP contribution is 2.37. The van der Waals surface area contributed by atoms with Crippen LogP contribution in [0, 0.1) is 5.92 Å². The molecule has 14 unspecified atom stereocenters. The maximum Gasteiger partial charge on any atom is 0.397 e. The lowest BCUT2D eigenvalue weighted by molar-refractivity contribution is -0.230. The number of nitrogens with one attached hydrogen (secondary N) is 1. The number of carbonyl (C=O) groups excluding carboxylic acids is 3. The number of aliphatic carboxylic acids is 2. The van der Waals surface area contributed by atoms with Gasteiger partial charge in [0.15, 0.2) is 24.7 Å². The number of unbranched alkanes of at least 4 members (excludes halogenated alkanes) is 4. The van der Waals surface area contributed by atoms with Gasteiger partial charge in [-0.05, 0) is 51.5 Å². The quantitative estimate of drug-likeness (QED) is 0.0226. The van der Waals surface area contributed by atoms with Crippen LogP contribution in [0.25, 0.3) is 0 Å². The first-order chi connectivity index (χ1) is 33.5. The van der Waals surface area contributed by atoms with E-state index in [9.17, 15) is 72.1 Å². The molecule has 0 bridgehead atoms. The molecule has 1 amide bonds. The number of H-pyrrole nitrogens is 1. The van der Waals surface area contributed by atoms with Gasteiger partial charge in [-0.1, -0.05) is 51.0 Å². The third kappa shape index (κ3) is 16.8. The summed E-state index contributed by atoms with van der Waals surface area (Å²) in [6, 6.07) is -2.91. The zero-order valence-electron chi connectivity index (χ0n) is 39.9. The summed E-state index contributed by atoms with van der Waals surface area (Å²) in [6.07, 6.45) is -6.26. The van der Waals surface area contributed by atoms with Crippen LogP contribution >= 0.6 is 0 Å². The van der Waals surface area contributed by atoms with Crippen LogP contribution in [0.2, 0.25) is 0 Å². The van der Waals surface area contributed by atoms with Crippen molar-refractivity contribution >= 4 is 40.2 Å². The Morgan fingerprint density at radius 2 is 1.61 bits per heavy atom. The Labute approximate surface area is 409 Å². The van der Waals surface area contributed by atoms with Crippen molar-refractivity contribution in [1.82, 2.24) is 19.4 Å². The van der Waals surface area contributed by atoms with Gasteiger partial charge in [0.1, 0.15) is 54.9 Å². The molecule has 9 N–H and O–H groups in total. The largest absolute Gasteiger partial charge is 0.481 e. The van der Waals surface area contributed by atoms with E-state index in [-0.39, 0.29) is 19.3 Å². The number of aliphatic hydroxyl groups is 3. The van der Waals surface area contributed by atoms with Crippen LogP contribution in [-0.4, -0.2) is 188 Å². The van der Waals surface area contributed by atoms with Gasteiger partial charge in [0.2, 0.25) is 5.91 Å². The normalized spacial score (nSPS) is 28.8. The van der Waals surface area contributed by atoms with E-state index in [1.165, 1.54) is 14.0 Å². The second-order valence-electron chi connectivity index (χ2n) is 17.8. The van der Waals surface area contributed by atoms with Gasteiger partial charge in [-0.15, -0.1) is 0 Å². The van der Waals surface area contributed by atoms with E-state index >= 15 is 0 Å². The van der Waals surface area contributed by atoms with Gasteiger partial charge >= 0.3 is 40.0 Å². The zero-order valence-corrected chi connectivity index (χ0v) is 40.7. The lowest BCUT2D eigenvalue weighted by Gasteiger charge is -2.38. The van der Waals surface area contributed by atoms with Crippen LogP contribution in [0.4, 0.5) is 0 Å². The maximum atomic E-state index is 14.7. The fraction of sp³-hybridized carbons (Fsp3) is 0.705. The average molecular weight is 1030 g/mol. The number of aromatic nitrogens is 2. The van der Waals surface area contributed by atoms with Gasteiger partial charge in [-0.3, -0.25) is 43.0 Å².